The van der Waals surface area contributed by atoms with Crippen LogP contribution in [0.3, 0.4) is 0 Å². The molecular formula is C17H17N5O2S. The Balaban J connectivity index is 1.57. The van der Waals surface area contributed by atoms with E-state index in [1.165, 1.54) is 11.3 Å². The molecule has 0 radical (unpaired) electrons. The molecule has 1 saturated heterocycles. The first-order valence-corrected chi connectivity index (χ1v) is 9.17. The summed E-state index contributed by atoms with van der Waals surface area (Å²) in [5.74, 6) is 0.208. The van der Waals surface area contributed by atoms with Crippen LogP contribution in [0.4, 0.5) is 0 Å². The van der Waals surface area contributed by atoms with Crippen LogP contribution in [0.5, 0.6) is 0 Å². The number of carbonyl (C=O) groups excluding carboxylic acids is 2. The van der Waals surface area contributed by atoms with Gasteiger partial charge in [0.15, 0.2) is 17.3 Å². The molecule has 7 nitrogen and oxygen atoms in total. The molecule has 1 aliphatic heterocycles. The smallest absolute Gasteiger partial charge is 0.230 e. The molecule has 3 aromatic rings. The summed E-state index contributed by atoms with van der Waals surface area (Å²) in [7, 11) is 0. The van der Waals surface area contributed by atoms with Crippen LogP contribution >= 0.6 is 11.3 Å². The number of aromatic nitrogens is 4. The quantitative estimate of drug-likeness (QED) is 0.530. The lowest BCUT2D eigenvalue weighted by Crippen LogP contribution is -2.36. The van der Waals surface area contributed by atoms with Gasteiger partial charge >= 0.3 is 0 Å². The van der Waals surface area contributed by atoms with Crippen molar-refractivity contribution in [3.05, 3.63) is 35.3 Å². The maximum absolute atomic E-state index is 12.5. The number of ketones is 1. The van der Waals surface area contributed by atoms with Crippen molar-refractivity contribution in [1.29, 1.82) is 0 Å². The zero-order valence-electron chi connectivity index (χ0n) is 13.6. The van der Waals surface area contributed by atoms with Crippen LogP contribution in [0.25, 0.3) is 16.3 Å². The summed E-state index contributed by atoms with van der Waals surface area (Å²) in [4.78, 5) is 27.5. The molecule has 0 bridgehead atoms. The van der Waals surface area contributed by atoms with Gasteiger partial charge in [0, 0.05) is 13.1 Å². The molecule has 8 heteroatoms. The highest BCUT2D eigenvalue weighted by atomic mass is 32.1. The lowest BCUT2D eigenvalue weighted by molar-refractivity contribution is -0.131. The number of piperidine rings is 1. The van der Waals surface area contributed by atoms with Gasteiger partial charge in [0.25, 0.3) is 0 Å². The van der Waals surface area contributed by atoms with E-state index in [9.17, 15) is 9.59 Å². The lowest BCUT2D eigenvalue weighted by atomic mass is 10.1. The van der Waals surface area contributed by atoms with Gasteiger partial charge in [0.1, 0.15) is 5.69 Å². The van der Waals surface area contributed by atoms with Crippen LogP contribution in [0.2, 0.25) is 0 Å². The molecular weight excluding hydrogens is 338 g/mol. The highest BCUT2D eigenvalue weighted by Gasteiger charge is 2.21. The summed E-state index contributed by atoms with van der Waals surface area (Å²) in [6.45, 7) is 1.49. The van der Waals surface area contributed by atoms with Gasteiger partial charge in [-0.3, -0.25) is 9.59 Å². The number of nitrogens with zero attached hydrogens (tertiary/aromatic N) is 5. The highest BCUT2D eigenvalue weighted by Crippen LogP contribution is 2.22. The Bertz CT molecular complexity index is 912. The number of carbonyl (C=O) groups is 2. The zero-order chi connectivity index (χ0) is 17.2. The van der Waals surface area contributed by atoms with E-state index in [2.05, 4.69) is 15.3 Å². The van der Waals surface area contributed by atoms with Gasteiger partial charge in [-0.05, 0) is 42.8 Å². The summed E-state index contributed by atoms with van der Waals surface area (Å²) in [5, 5.41) is 14.5. The molecule has 1 aliphatic rings. The molecule has 1 fully saturated rings. The van der Waals surface area contributed by atoms with Crippen LogP contribution in [0, 0.1) is 0 Å². The van der Waals surface area contributed by atoms with Crippen molar-refractivity contribution in [2.24, 2.45) is 0 Å². The summed E-state index contributed by atoms with van der Waals surface area (Å²) in [5.41, 5.74) is 0.831. The average Bonchev–Trinajstić information content (AvgIpc) is 3.31. The fourth-order valence-electron chi connectivity index (χ4n) is 2.98. The number of fused-ring (bicyclic) bond motifs is 1. The molecule has 0 N–H and O–H groups in total. The lowest BCUT2D eigenvalue weighted by Gasteiger charge is -2.26. The van der Waals surface area contributed by atoms with Crippen LogP contribution in [0.15, 0.2) is 29.6 Å². The molecule has 0 saturated carbocycles. The second-order valence-corrected chi connectivity index (χ2v) is 6.98. The van der Waals surface area contributed by atoms with E-state index < -0.39 is 0 Å². The van der Waals surface area contributed by atoms with Gasteiger partial charge in [0.05, 0.1) is 11.3 Å². The molecule has 128 valence electrons. The van der Waals surface area contributed by atoms with E-state index in [4.69, 9.17) is 0 Å². The Morgan fingerprint density at radius 3 is 2.68 bits per heavy atom. The first-order valence-electron chi connectivity index (χ1n) is 8.30. The standard InChI is InChI=1S/C17H17N5O2S/c23-13(11-16(24)21-8-2-1-3-9-21)12-6-7-15-18-19-17(22(15)20-12)14-5-4-10-25-14/h4-7,10H,1-3,8-9,11H2. The molecule has 25 heavy (non-hydrogen) atoms. The van der Waals surface area contributed by atoms with E-state index >= 15 is 0 Å². The monoisotopic (exact) mass is 355 g/mol. The largest absolute Gasteiger partial charge is 0.342 e. The average molecular weight is 355 g/mol. The van der Waals surface area contributed by atoms with Crippen molar-refractivity contribution in [3.63, 3.8) is 0 Å². The number of hydrogen-bond acceptors (Lipinski definition) is 6. The summed E-state index contributed by atoms with van der Waals surface area (Å²) >= 11 is 1.53. The first kappa shape index (κ1) is 15.9. The van der Waals surface area contributed by atoms with Crippen molar-refractivity contribution in [1.82, 2.24) is 24.7 Å². The van der Waals surface area contributed by atoms with Crippen LogP contribution in [-0.4, -0.2) is 49.5 Å². The van der Waals surface area contributed by atoms with Gasteiger partial charge in [-0.15, -0.1) is 21.5 Å². The van der Waals surface area contributed by atoms with Gasteiger partial charge in [0.2, 0.25) is 5.91 Å². The number of likely N-dealkylation sites (tertiary alicyclic amines) is 1. The molecule has 1 amide bonds. The maximum atomic E-state index is 12.5. The van der Waals surface area contributed by atoms with E-state index in [-0.39, 0.29) is 23.8 Å². The minimum atomic E-state index is -0.275. The van der Waals surface area contributed by atoms with Crippen molar-refractivity contribution < 1.29 is 9.59 Å². The number of amides is 1. The number of rotatable bonds is 4. The summed E-state index contributed by atoms with van der Waals surface area (Å²) < 4.78 is 1.56. The second kappa shape index (κ2) is 6.72. The normalized spacial score (nSPS) is 14.8. The third-order valence-corrected chi connectivity index (χ3v) is 5.18. The van der Waals surface area contributed by atoms with E-state index in [1.807, 2.05) is 17.5 Å². The van der Waals surface area contributed by atoms with Crippen molar-refractivity contribution in [3.8, 4) is 10.7 Å². The molecule has 0 aliphatic carbocycles. The van der Waals surface area contributed by atoms with Crippen molar-refractivity contribution in [2.75, 3.05) is 13.1 Å². The van der Waals surface area contributed by atoms with Gasteiger partial charge in [-0.25, -0.2) is 0 Å². The van der Waals surface area contributed by atoms with Gasteiger partial charge in [-0.2, -0.15) is 9.61 Å². The fourth-order valence-corrected chi connectivity index (χ4v) is 3.67. The number of Topliss-reactive ketones (excluding diaryl/α,β-unsaturated/α-hetero) is 1. The molecule has 3 aromatic heterocycles. The molecule has 0 spiro atoms. The van der Waals surface area contributed by atoms with E-state index in [0.29, 0.717) is 11.5 Å². The Kier molecular flexibility index (Phi) is 4.27. The van der Waals surface area contributed by atoms with Gasteiger partial charge in [-0.1, -0.05) is 6.07 Å². The summed E-state index contributed by atoms with van der Waals surface area (Å²) in [6, 6.07) is 7.16. The Labute approximate surface area is 148 Å². The minimum absolute atomic E-state index is 0.117. The number of thiophene rings is 1. The Hall–Kier alpha value is -2.61. The van der Waals surface area contributed by atoms with Crippen molar-refractivity contribution in [2.45, 2.75) is 25.7 Å². The van der Waals surface area contributed by atoms with Crippen molar-refractivity contribution >= 4 is 28.7 Å². The van der Waals surface area contributed by atoms with Gasteiger partial charge < -0.3 is 4.90 Å². The molecule has 4 heterocycles. The fraction of sp³-hybridized carbons (Fsp3) is 0.353. The van der Waals surface area contributed by atoms with E-state index in [1.54, 1.807) is 21.5 Å². The second-order valence-electron chi connectivity index (χ2n) is 6.03. The Morgan fingerprint density at radius 2 is 1.92 bits per heavy atom. The van der Waals surface area contributed by atoms with Crippen LogP contribution in [0.1, 0.15) is 36.2 Å². The first-order chi connectivity index (χ1) is 12.2. The predicted molar refractivity (Wildman–Crippen MR) is 93.5 cm³/mol. The van der Waals surface area contributed by atoms with Crippen LogP contribution < -0.4 is 0 Å². The molecule has 0 atom stereocenters. The maximum Gasteiger partial charge on any atom is 0.230 e. The molecule has 0 unspecified atom stereocenters. The Morgan fingerprint density at radius 1 is 1.08 bits per heavy atom. The molecule has 4 rings (SSSR count). The SMILES string of the molecule is O=C(CC(=O)N1CCCCC1)c1ccc2nnc(-c3cccs3)n2n1. The van der Waals surface area contributed by atoms with E-state index in [0.717, 1.165) is 37.2 Å². The summed E-state index contributed by atoms with van der Waals surface area (Å²) in [6.07, 6.45) is 3.02. The highest BCUT2D eigenvalue weighted by molar-refractivity contribution is 7.13. The third-order valence-electron chi connectivity index (χ3n) is 4.31. The zero-order valence-corrected chi connectivity index (χ0v) is 14.4. The minimum Gasteiger partial charge on any atom is -0.342 e. The number of hydrogen-bond donors (Lipinski definition) is 0. The predicted octanol–water partition coefficient (Wildman–Crippen LogP) is 2.44. The molecule has 0 aromatic carbocycles. The third kappa shape index (κ3) is 3.17. The topological polar surface area (TPSA) is 80.5 Å². The van der Waals surface area contributed by atoms with Crippen LogP contribution in [-0.2, 0) is 4.79 Å².